The van der Waals surface area contributed by atoms with E-state index in [2.05, 4.69) is 4.90 Å². The first kappa shape index (κ1) is 19.8. The van der Waals surface area contributed by atoms with Gasteiger partial charge in [-0.1, -0.05) is 0 Å². The molecular weight excluding hydrogens is 366 g/mol. The topological polar surface area (TPSA) is 78.0 Å². The molecule has 0 saturated carbocycles. The van der Waals surface area contributed by atoms with Gasteiger partial charge in [-0.25, -0.2) is 8.42 Å². The Balaban J connectivity index is 1.68. The molecule has 1 saturated heterocycles. The summed E-state index contributed by atoms with van der Waals surface area (Å²) < 4.78 is 25.4. The number of hydrogen-bond acceptors (Lipinski definition) is 5. The maximum Gasteiger partial charge on any atom is 0.223 e. The number of fused-ring (bicyclic) bond motifs is 1. The van der Waals surface area contributed by atoms with Gasteiger partial charge in [0, 0.05) is 51.8 Å². The van der Waals surface area contributed by atoms with Gasteiger partial charge in [-0.2, -0.15) is 0 Å². The SMILES string of the molecule is CC(=O)N1CCCc2cc(S(=O)(=O)CCC(=O)N3CCN(C)CC3)ccc21. The average molecular weight is 394 g/mol. The Morgan fingerprint density at radius 2 is 1.78 bits per heavy atom. The van der Waals surface area contributed by atoms with Gasteiger partial charge < -0.3 is 14.7 Å². The highest BCUT2D eigenvalue weighted by molar-refractivity contribution is 7.91. The van der Waals surface area contributed by atoms with E-state index in [1.54, 1.807) is 28.0 Å². The summed E-state index contributed by atoms with van der Waals surface area (Å²) in [6.07, 6.45) is 1.57. The zero-order chi connectivity index (χ0) is 19.6. The lowest BCUT2D eigenvalue weighted by molar-refractivity contribution is -0.132. The molecule has 1 aromatic rings. The molecule has 148 valence electrons. The molecule has 2 amide bonds. The number of carbonyl (C=O) groups excluding carboxylic acids is 2. The fraction of sp³-hybridized carbons (Fsp3) is 0.579. The molecule has 0 radical (unpaired) electrons. The zero-order valence-electron chi connectivity index (χ0n) is 16.0. The lowest BCUT2D eigenvalue weighted by Gasteiger charge is -2.32. The van der Waals surface area contributed by atoms with Crippen molar-refractivity contribution in [3.8, 4) is 0 Å². The molecule has 0 spiro atoms. The number of nitrogens with zero attached hydrogens (tertiary/aromatic N) is 3. The number of amides is 2. The molecule has 1 fully saturated rings. The van der Waals surface area contributed by atoms with E-state index in [0.717, 1.165) is 37.2 Å². The molecule has 7 nitrogen and oxygen atoms in total. The smallest absolute Gasteiger partial charge is 0.223 e. The van der Waals surface area contributed by atoms with E-state index < -0.39 is 9.84 Å². The van der Waals surface area contributed by atoms with Crippen molar-refractivity contribution in [3.05, 3.63) is 23.8 Å². The lowest BCUT2D eigenvalue weighted by atomic mass is 10.0. The van der Waals surface area contributed by atoms with E-state index in [1.807, 2.05) is 7.05 Å². The van der Waals surface area contributed by atoms with Crippen LogP contribution in [0.15, 0.2) is 23.1 Å². The summed E-state index contributed by atoms with van der Waals surface area (Å²) in [5.74, 6) is -0.329. The Hall–Kier alpha value is -1.93. The van der Waals surface area contributed by atoms with Crippen LogP contribution in [0, 0.1) is 0 Å². The van der Waals surface area contributed by atoms with Crippen LogP contribution in [0.3, 0.4) is 0 Å². The van der Waals surface area contributed by atoms with Crippen LogP contribution in [-0.2, 0) is 25.8 Å². The molecule has 2 aliphatic rings. The third kappa shape index (κ3) is 4.50. The van der Waals surface area contributed by atoms with Crippen LogP contribution in [0.25, 0.3) is 0 Å². The maximum absolute atomic E-state index is 12.7. The van der Waals surface area contributed by atoms with Crippen LogP contribution in [0.4, 0.5) is 5.69 Å². The molecule has 3 rings (SSSR count). The molecule has 0 unspecified atom stereocenters. The van der Waals surface area contributed by atoms with Crippen molar-refractivity contribution in [1.82, 2.24) is 9.80 Å². The number of benzene rings is 1. The van der Waals surface area contributed by atoms with E-state index in [-0.39, 0.29) is 28.9 Å². The summed E-state index contributed by atoms with van der Waals surface area (Å²) >= 11 is 0. The highest BCUT2D eigenvalue weighted by Gasteiger charge is 2.25. The van der Waals surface area contributed by atoms with E-state index in [4.69, 9.17) is 0 Å². The number of rotatable bonds is 4. The first-order valence-corrected chi connectivity index (χ1v) is 11.0. The van der Waals surface area contributed by atoms with Crippen molar-refractivity contribution in [2.24, 2.45) is 0 Å². The van der Waals surface area contributed by atoms with Crippen LogP contribution in [0.1, 0.15) is 25.3 Å². The second-order valence-electron chi connectivity index (χ2n) is 7.32. The molecule has 0 atom stereocenters. The largest absolute Gasteiger partial charge is 0.340 e. The summed E-state index contributed by atoms with van der Waals surface area (Å²) in [5, 5.41) is 0. The Morgan fingerprint density at radius 1 is 1.07 bits per heavy atom. The number of aryl methyl sites for hydroxylation is 1. The Labute approximate surface area is 160 Å². The summed E-state index contributed by atoms with van der Waals surface area (Å²) in [5.41, 5.74) is 1.67. The van der Waals surface area contributed by atoms with Gasteiger partial charge in [-0.15, -0.1) is 0 Å². The van der Waals surface area contributed by atoms with Crippen LogP contribution < -0.4 is 4.90 Å². The number of likely N-dealkylation sites (N-methyl/N-ethyl adjacent to an activating group) is 1. The van der Waals surface area contributed by atoms with Crippen LogP contribution in [0.2, 0.25) is 0 Å². The monoisotopic (exact) mass is 393 g/mol. The van der Waals surface area contributed by atoms with Gasteiger partial charge >= 0.3 is 0 Å². The average Bonchev–Trinajstić information content (AvgIpc) is 2.65. The van der Waals surface area contributed by atoms with E-state index in [9.17, 15) is 18.0 Å². The van der Waals surface area contributed by atoms with Crippen LogP contribution >= 0.6 is 0 Å². The van der Waals surface area contributed by atoms with Crippen molar-refractivity contribution in [2.75, 3.05) is 50.4 Å². The van der Waals surface area contributed by atoms with Crippen molar-refractivity contribution in [2.45, 2.75) is 31.1 Å². The third-order valence-corrected chi connectivity index (χ3v) is 7.06. The molecular formula is C19H27N3O4S. The number of sulfone groups is 1. The predicted molar refractivity (Wildman–Crippen MR) is 104 cm³/mol. The van der Waals surface area contributed by atoms with Gasteiger partial charge in [0.1, 0.15) is 0 Å². The number of carbonyl (C=O) groups is 2. The van der Waals surface area contributed by atoms with Crippen molar-refractivity contribution in [3.63, 3.8) is 0 Å². The third-order valence-electron chi connectivity index (χ3n) is 5.35. The molecule has 0 aliphatic carbocycles. The molecule has 2 heterocycles. The first-order valence-electron chi connectivity index (χ1n) is 9.38. The quantitative estimate of drug-likeness (QED) is 0.760. The van der Waals surface area contributed by atoms with Crippen molar-refractivity contribution >= 4 is 27.3 Å². The first-order chi connectivity index (χ1) is 12.8. The summed E-state index contributed by atoms with van der Waals surface area (Å²) in [6, 6.07) is 4.93. The minimum atomic E-state index is -3.54. The van der Waals surface area contributed by atoms with Crippen molar-refractivity contribution in [1.29, 1.82) is 0 Å². The Morgan fingerprint density at radius 3 is 2.44 bits per heavy atom. The number of hydrogen-bond donors (Lipinski definition) is 0. The summed E-state index contributed by atoms with van der Waals surface area (Å²) in [7, 11) is -1.53. The maximum atomic E-state index is 12.7. The number of anilines is 1. The highest BCUT2D eigenvalue weighted by atomic mass is 32.2. The van der Waals surface area contributed by atoms with Gasteiger partial charge in [0.2, 0.25) is 11.8 Å². The Bertz CT molecular complexity index is 829. The molecule has 2 aliphatic heterocycles. The predicted octanol–water partition coefficient (Wildman–Crippen LogP) is 0.924. The van der Waals surface area contributed by atoms with Crippen molar-refractivity contribution < 1.29 is 18.0 Å². The van der Waals surface area contributed by atoms with Gasteiger partial charge in [-0.3, -0.25) is 9.59 Å². The molecule has 0 aromatic heterocycles. The fourth-order valence-corrected chi connectivity index (χ4v) is 4.92. The Kier molecular flexibility index (Phi) is 5.86. The molecule has 27 heavy (non-hydrogen) atoms. The standard InChI is InChI=1S/C19H27N3O4S/c1-15(23)22-8-3-4-16-14-17(5-6-18(16)22)27(25,26)13-7-19(24)21-11-9-20(2)10-12-21/h5-6,14H,3-4,7-13H2,1-2H3. The van der Waals surface area contributed by atoms with E-state index >= 15 is 0 Å². The van der Waals surface area contributed by atoms with E-state index in [0.29, 0.717) is 19.6 Å². The summed E-state index contributed by atoms with van der Waals surface area (Å²) in [4.78, 5) is 29.9. The fourth-order valence-electron chi connectivity index (χ4n) is 3.65. The van der Waals surface area contributed by atoms with Gasteiger partial charge in [0.25, 0.3) is 0 Å². The minimum absolute atomic E-state index is 0.00268. The van der Waals surface area contributed by atoms with Gasteiger partial charge in [0.05, 0.1) is 10.6 Å². The molecule has 0 N–H and O–H groups in total. The second-order valence-corrected chi connectivity index (χ2v) is 9.43. The normalized spacial score (nSPS) is 18.3. The van der Waals surface area contributed by atoms with Crippen LogP contribution in [-0.4, -0.2) is 75.6 Å². The van der Waals surface area contributed by atoms with Gasteiger partial charge in [0.15, 0.2) is 9.84 Å². The highest BCUT2D eigenvalue weighted by Crippen LogP contribution is 2.30. The lowest BCUT2D eigenvalue weighted by Crippen LogP contribution is -2.47. The van der Waals surface area contributed by atoms with E-state index in [1.165, 1.54) is 6.92 Å². The zero-order valence-corrected chi connectivity index (χ0v) is 16.8. The van der Waals surface area contributed by atoms with Gasteiger partial charge in [-0.05, 0) is 43.7 Å². The minimum Gasteiger partial charge on any atom is -0.340 e. The molecule has 0 bridgehead atoms. The molecule has 8 heteroatoms. The van der Waals surface area contributed by atoms with Crippen LogP contribution in [0.5, 0.6) is 0 Å². The molecule has 1 aromatic carbocycles. The number of piperazine rings is 1. The second kappa shape index (κ2) is 7.98. The summed E-state index contributed by atoms with van der Waals surface area (Å²) in [6.45, 7) is 5.10.